The van der Waals surface area contributed by atoms with Crippen LogP contribution in [0.15, 0.2) is 18.2 Å². The Morgan fingerprint density at radius 2 is 2.30 bits per heavy atom. The Bertz CT molecular complexity index is 532. The van der Waals surface area contributed by atoms with Crippen molar-refractivity contribution in [1.29, 1.82) is 0 Å². The SMILES string of the molecule is CC1NCCCC1NC(=O)c1cccc([N+](=O)[O-])c1N. The maximum atomic E-state index is 12.2. The molecule has 1 aromatic rings. The van der Waals surface area contributed by atoms with Gasteiger partial charge < -0.3 is 16.4 Å². The van der Waals surface area contributed by atoms with Crippen LogP contribution in [0.2, 0.25) is 0 Å². The summed E-state index contributed by atoms with van der Waals surface area (Å²) in [5.74, 6) is -0.369. The highest BCUT2D eigenvalue weighted by atomic mass is 16.6. The molecule has 1 aliphatic rings. The topological polar surface area (TPSA) is 110 Å². The van der Waals surface area contributed by atoms with E-state index >= 15 is 0 Å². The normalized spacial score (nSPS) is 22.2. The molecular weight excluding hydrogens is 260 g/mol. The van der Waals surface area contributed by atoms with Gasteiger partial charge in [0.15, 0.2) is 0 Å². The number of nitrogens with two attached hydrogens (primary N) is 1. The molecule has 2 rings (SSSR count). The van der Waals surface area contributed by atoms with Crippen molar-refractivity contribution < 1.29 is 9.72 Å². The number of piperidine rings is 1. The number of nitrogens with one attached hydrogen (secondary N) is 2. The fourth-order valence-corrected chi connectivity index (χ4v) is 2.40. The molecule has 1 amide bonds. The van der Waals surface area contributed by atoms with Crippen LogP contribution in [0.1, 0.15) is 30.1 Å². The van der Waals surface area contributed by atoms with Crippen LogP contribution >= 0.6 is 0 Å². The van der Waals surface area contributed by atoms with Crippen LogP contribution in [0.5, 0.6) is 0 Å². The zero-order valence-corrected chi connectivity index (χ0v) is 11.3. The van der Waals surface area contributed by atoms with Crippen molar-refractivity contribution in [3.63, 3.8) is 0 Å². The van der Waals surface area contributed by atoms with Gasteiger partial charge in [-0.3, -0.25) is 14.9 Å². The molecule has 0 aromatic heterocycles. The first kappa shape index (κ1) is 14.3. The quantitative estimate of drug-likeness (QED) is 0.435. The predicted octanol–water partition coefficient (Wildman–Crippen LogP) is 1.05. The van der Waals surface area contributed by atoms with E-state index in [1.807, 2.05) is 6.92 Å². The highest BCUT2D eigenvalue weighted by Gasteiger charge is 2.25. The average Bonchev–Trinajstić information content (AvgIpc) is 2.41. The summed E-state index contributed by atoms with van der Waals surface area (Å²) in [7, 11) is 0. The molecule has 0 saturated carbocycles. The molecule has 108 valence electrons. The first-order chi connectivity index (χ1) is 9.50. The van der Waals surface area contributed by atoms with E-state index in [0.717, 1.165) is 19.4 Å². The van der Waals surface area contributed by atoms with Crippen molar-refractivity contribution >= 4 is 17.3 Å². The third kappa shape index (κ3) is 2.88. The van der Waals surface area contributed by atoms with Crippen LogP contribution in [-0.4, -0.2) is 29.5 Å². The second-order valence-electron chi connectivity index (χ2n) is 4.96. The molecule has 7 nitrogen and oxygen atoms in total. The largest absolute Gasteiger partial charge is 0.393 e. The summed E-state index contributed by atoms with van der Waals surface area (Å²) in [5.41, 5.74) is 5.52. The highest BCUT2D eigenvalue weighted by molar-refractivity contribution is 6.01. The lowest BCUT2D eigenvalue weighted by molar-refractivity contribution is -0.383. The van der Waals surface area contributed by atoms with Gasteiger partial charge in [0.25, 0.3) is 11.6 Å². The summed E-state index contributed by atoms with van der Waals surface area (Å²) in [6.45, 7) is 2.94. The molecule has 0 bridgehead atoms. The van der Waals surface area contributed by atoms with E-state index in [0.29, 0.717) is 0 Å². The minimum absolute atomic E-state index is 0.00918. The molecule has 2 unspecified atom stereocenters. The number of hydrogen-bond acceptors (Lipinski definition) is 5. The molecule has 1 fully saturated rings. The first-order valence-electron chi connectivity index (χ1n) is 6.58. The Balaban J connectivity index is 2.17. The maximum absolute atomic E-state index is 12.2. The van der Waals surface area contributed by atoms with Gasteiger partial charge in [0.1, 0.15) is 5.69 Å². The first-order valence-corrected chi connectivity index (χ1v) is 6.58. The van der Waals surface area contributed by atoms with Crippen molar-refractivity contribution in [3.05, 3.63) is 33.9 Å². The van der Waals surface area contributed by atoms with E-state index < -0.39 is 4.92 Å². The van der Waals surface area contributed by atoms with Crippen molar-refractivity contribution in [2.45, 2.75) is 31.8 Å². The Morgan fingerprint density at radius 3 is 2.95 bits per heavy atom. The van der Waals surface area contributed by atoms with Crippen LogP contribution in [0, 0.1) is 10.1 Å². The summed E-state index contributed by atoms with van der Waals surface area (Å²) < 4.78 is 0. The van der Waals surface area contributed by atoms with E-state index in [9.17, 15) is 14.9 Å². The average molecular weight is 278 g/mol. The van der Waals surface area contributed by atoms with Gasteiger partial charge in [0.05, 0.1) is 10.5 Å². The van der Waals surface area contributed by atoms with Crippen molar-refractivity contribution in [1.82, 2.24) is 10.6 Å². The lowest BCUT2D eigenvalue weighted by Gasteiger charge is -2.30. The molecule has 1 aromatic carbocycles. The van der Waals surface area contributed by atoms with E-state index in [4.69, 9.17) is 5.73 Å². The Hall–Kier alpha value is -2.15. The molecule has 7 heteroatoms. The zero-order chi connectivity index (χ0) is 14.7. The van der Waals surface area contributed by atoms with E-state index in [2.05, 4.69) is 10.6 Å². The number of benzene rings is 1. The summed E-state index contributed by atoms with van der Waals surface area (Å²) in [6, 6.07) is 4.43. The van der Waals surface area contributed by atoms with Gasteiger partial charge in [-0.15, -0.1) is 0 Å². The monoisotopic (exact) mass is 278 g/mol. The number of rotatable bonds is 3. The third-order valence-electron chi connectivity index (χ3n) is 3.60. The summed E-state index contributed by atoms with van der Waals surface area (Å²) in [6.07, 6.45) is 1.87. The predicted molar refractivity (Wildman–Crippen MR) is 75.5 cm³/mol. The van der Waals surface area contributed by atoms with Crippen LogP contribution < -0.4 is 16.4 Å². The van der Waals surface area contributed by atoms with Gasteiger partial charge in [-0.2, -0.15) is 0 Å². The second-order valence-corrected chi connectivity index (χ2v) is 4.96. The lowest BCUT2D eigenvalue weighted by atomic mass is 9.99. The molecule has 0 spiro atoms. The zero-order valence-electron chi connectivity index (χ0n) is 11.3. The van der Waals surface area contributed by atoms with Gasteiger partial charge in [0, 0.05) is 18.2 Å². The second kappa shape index (κ2) is 5.87. The number of hydrogen-bond donors (Lipinski definition) is 3. The summed E-state index contributed by atoms with van der Waals surface area (Å²) >= 11 is 0. The van der Waals surface area contributed by atoms with Gasteiger partial charge in [-0.25, -0.2) is 0 Å². The molecule has 1 heterocycles. The number of carbonyl (C=O) groups excluding carboxylic acids is 1. The number of nitrogens with zero attached hydrogens (tertiary/aromatic N) is 1. The number of anilines is 1. The van der Waals surface area contributed by atoms with Gasteiger partial charge >= 0.3 is 0 Å². The molecule has 1 aliphatic heterocycles. The highest BCUT2D eigenvalue weighted by Crippen LogP contribution is 2.25. The number of amides is 1. The summed E-state index contributed by atoms with van der Waals surface area (Å²) in [5, 5.41) is 17.0. The Kier molecular flexibility index (Phi) is 4.19. The molecule has 20 heavy (non-hydrogen) atoms. The number of nitrogen functional groups attached to an aromatic ring is 1. The van der Waals surface area contributed by atoms with E-state index in [-0.39, 0.29) is 34.9 Å². The molecule has 1 saturated heterocycles. The Labute approximate surface area is 116 Å². The molecule has 0 radical (unpaired) electrons. The summed E-state index contributed by atoms with van der Waals surface area (Å²) in [4.78, 5) is 22.4. The van der Waals surface area contributed by atoms with Crippen molar-refractivity contribution in [2.75, 3.05) is 12.3 Å². The fourth-order valence-electron chi connectivity index (χ4n) is 2.40. The third-order valence-corrected chi connectivity index (χ3v) is 3.60. The van der Waals surface area contributed by atoms with Gasteiger partial charge in [-0.05, 0) is 32.4 Å². The van der Waals surface area contributed by atoms with E-state index in [1.165, 1.54) is 18.2 Å². The number of carbonyl (C=O) groups is 1. The van der Waals surface area contributed by atoms with Crippen LogP contribution in [0.25, 0.3) is 0 Å². The minimum atomic E-state index is -0.586. The molecular formula is C13H18N4O3. The fraction of sp³-hybridized carbons (Fsp3) is 0.462. The minimum Gasteiger partial charge on any atom is -0.393 e. The number of nitro benzene ring substituents is 1. The van der Waals surface area contributed by atoms with Gasteiger partial charge in [-0.1, -0.05) is 6.07 Å². The number of para-hydroxylation sites is 1. The smallest absolute Gasteiger partial charge is 0.292 e. The van der Waals surface area contributed by atoms with Crippen LogP contribution in [-0.2, 0) is 0 Å². The number of nitro groups is 1. The van der Waals surface area contributed by atoms with Gasteiger partial charge in [0.2, 0.25) is 0 Å². The molecule has 2 atom stereocenters. The van der Waals surface area contributed by atoms with Crippen molar-refractivity contribution in [2.24, 2.45) is 0 Å². The van der Waals surface area contributed by atoms with Crippen molar-refractivity contribution in [3.8, 4) is 0 Å². The molecule has 0 aliphatic carbocycles. The van der Waals surface area contributed by atoms with E-state index in [1.54, 1.807) is 0 Å². The molecule has 4 N–H and O–H groups in total. The van der Waals surface area contributed by atoms with Crippen LogP contribution in [0.3, 0.4) is 0 Å². The standard InChI is InChI=1S/C13H18N4O3/c1-8-10(5-3-7-15-8)16-13(18)9-4-2-6-11(12(9)14)17(19)20/h2,4,6,8,10,15H,3,5,7,14H2,1H3,(H,16,18). The Morgan fingerprint density at radius 1 is 1.55 bits per heavy atom. The maximum Gasteiger partial charge on any atom is 0.292 e. The van der Waals surface area contributed by atoms with Crippen LogP contribution in [0.4, 0.5) is 11.4 Å². The lowest BCUT2D eigenvalue weighted by Crippen LogP contribution is -2.52.